The molecule has 0 saturated heterocycles. The lowest BCUT2D eigenvalue weighted by molar-refractivity contribution is -0.385. The van der Waals surface area contributed by atoms with Gasteiger partial charge in [-0.05, 0) is 81.6 Å². The van der Waals surface area contributed by atoms with Gasteiger partial charge in [-0.15, -0.1) is 0 Å². The van der Waals surface area contributed by atoms with Crippen LogP contribution in [0.4, 0.5) is 11.4 Å². The Hall–Kier alpha value is -3.87. The summed E-state index contributed by atoms with van der Waals surface area (Å²) in [6.07, 6.45) is 0. The fourth-order valence-electron chi connectivity index (χ4n) is 3.59. The van der Waals surface area contributed by atoms with Crippen LogP contribution in [-0.4, -0.2) is 17.4 Å². The van der Waals surface area contributed by atoms with Gasteiger partial charge in [0.05, 0.1) is 22.8 Å². The zero-order valence-electron chi connectivity index (χ0n) is 19.5. The zero-order chi connectivity index (χ0) is 24.1. The summed E-state index contributed by atoms with van der Waals surface area (Å²) in [4.78, 5) is 23.7. The fourth-order valence-corrected chi connectivity index (χ4v) is 3.59. The van der Waals surface area contributed by atoms with Gasteiger partial charge in [0.2, 0.25) is 0 Å². The highest BCUT2D eigenvalue weighted by molar-refractivity contribution is 6.05. The van der Waals surface area contributed by atoms with Gasteiger partial charge in [-0.3, -0.25) is 14.9 Å². The number of nitro benzene ring substituents is 1. The van der Waals surface area contributed by atoms with Crippen molar-refractivity contribution in [2.45, 2.75) is 41.2 Å². The molecule has 0 aliphatic carbocycles. The fraction of sp³-hybridized carbons (Fsp3) is 0.269. The van der Waals surface area contributed by atoms with Crippen LogP contribution in [0.3, 0.4) is 0 Å². The van der Waals surface area contributed by atoms with E-state index >= 15 is 0 Å². The van der Waals surface area contributed by atoms with Crippen molar-refractivity contribution >= 4 is 17.3 Å². The second kappa shape index (κ2) is 10.2. The Labute approximate surface area is 193 Å². The van der Waals surface area contributed by atoms with E-state index in [9.17, 15) is 14.9 Å². The standard InChI is InChI=1S/C26H28N2O5/c1-6-32-24-11-10-20(26(29)27-22-8-7-9-23(19(22)5)28(30)31)14-21(24)15-33-25-13-16(2)12-17(3)18(25)4/h7-14H,6,15H2,1-5H3,(H,27,29). The van der Waals surface area contributed by atoms with E-state index in [4.69, 9.17) is 9.47 Å². The van der Waals surface area contributed by atoms with Crippen molar-refractivity contribution in [3.8, 4) is 11.5 Å². The molecule has 0 heterocycles. The van der Waals surface area contributed by atoms with Crippen LogP contribution in [0.5, 0.6) is 11.5 Å². The molecular formula is C26H28N2O5. The maximum Gasteiger partial charge on any atom is 0.274 e. The third kappa shape index (κ3) is 5.49. The highest BCUT2D eigenvalue weighted by Gasteiger charge is 2.17. The normalized spacial score (nSPS) is 10.6. The maximum absolute atomic E-state index is 12.9. The summed E-state index contributed by atoms with van der Waals surface area (Å²) in [6.45, 7) is 10.3. The monoisotopic (exact) mass is 448 g/mol. The predicted octanol–water partition coefficient (Wildman–Crippen LogP) is 6.06. The van der Waals surface area contributed by atoms with Crippen molar-refractivity contribution in [3.63, 3.8) is 0 Å². The lowest BCUT2D eigenvalue weighted by atomic mass is 10.1. The first-order chi connectivity index (χ1) is 15.7. The van der Waals surface area contributed by atoms with E-state index in [1.165, 1.54) is 6.07 Å². The first kappa shape index (κ1) is 23.8. The van der Waals surface area contributed by atoms with E-state index in [0.29, 0.717) is 29.2 Å². The van der Waals surface area contributed by atoms with E-state index in [1.807, 2.05) is 33.8 Å². The largest absolute Gasteiger partial charge is 0.493 e. The van der Waals surface area contributed by atoms with Gasteiger partial charge in [-0.25, -0.2) is 0 Å². The molecule has 0 saturated carbocycles. The lowest BCUT2D eigenvalue weighted by Crippen LogP contribution is -2.14. The Kier molecular flexibility index (Phi) is 7.33. The molecule has 0 aliphatic rings. The molecule has 33 heavy (non-hydrogen) atoms. The number of carbonyl (C=O) groups excluding carboxylic acids is 1. The van der Waals surface area contributed by atoms with E-state index in [-0.39, 0.29) is 18.2 Å². The van der Waals surface area contributed by atoms with Gasteiger partial charge in [0.15, 0.2) is 0 Å². The van der Waals surface area contributed by atoms with Crippen LogP contribution >= 0.6 is 0 Å². The third-order valence-electron chi connectivity index (χ3n) is 5.52. The van der Waals surface area contributed by atoms with Crippen LogP contribution in [0.2, 0.25) is 0 Å². The van der Waals surface area contributed by atoms with Crippen LogP contribution in [0.25, 0.3) is 0 Å². The van der Waals surface area contributed by atoms with Gasteiger partial charge < -0.3 is 14.8 Å². The molecule has 3 rings (SSSR count). The van der Waals surface area contributed by atoms with Gasteiger partial charge in [0.25, 0.3) is 11.6 Å². The summed E-state index contributed by atoms with van der Waals surface area (Å²) >= 11 is 0. The summed E-state index contributed by atoms with van der Waals surface area (Å²) in [7, 11) is 0. The number of hydrogen-bond acceptors (Lipinski definition) is 5. The summed E-state index contributed by atoms with van der Waals surface area (Å²) in [5.41, 5.74) is 5.21. The Bertz CT molecular complexity index is 1200. The lowest BCUT2D eigenvalue weighted by Gasteiger charge is -2.16. The van der Waals surface area contributed by atoms with Crippen LogP contribution in [0.15, 0.2) is 48.5 Å². The molecule has 0 fully saturated rings. The van der Waals surface area contributed by atoms with Gasteiger partial charge in [-0.2, -0.15) is 0 Å². The van der Waals surface area contributed by atoms with Gasteiger partial charge >= 0.3 is 0 Å². The predicted molar refractivity (Wildman–Crippen MR) is 128 cm³/mol. The number of aryl methyl sites for hydroxylation is 2. The van der Waals surface area contributed by atoms with Gasteiger partial charge in [0.1, 0.15) is 18.1 Å². The summed E-state index contributed by atoms with van der Waals surface area (Å²) in [5, 5.41) is 14.0. The highest BCUT2D eigenvalue weighted by atomic mass is 16.6. The van der Waals surface area contributed by atoms with Crippen molar-refractivity contribution in [2.75, 3.05) is 11.9 Å². The SMILES string of the molecule is CCOc1ccc(C(=O)Nc2cccc([N+](=O)[O-])c2C)cc1COc1cc(C)cc(C)c1C. The van der Waals surface area contributed by atoms with Crippen LogP contribution in [0.1, 0.15) is 45.1 Å². The second-order valence-corrected chi connectivity index (χ2v) is 7.91. The van der Waals surface area contributed by atoms with E-state index in [0.717, 1.165) is 28.0 Å². The van der Waals surface area contributed by atoms with Crippen LogP contribution < -0.4 is 14.8 Å². The molecule has 3 aromatic rings. The highest BCUT2D eigenvalue weighted by Crippen LogP contribution is 2.28. The van der Waals surface area contributed by atoms with Gasteiger partial charge in [0, 0.05) is 17.2 Å². The molecular weight excluding hydrogens is 420 g/mol. The molecule has 0 atom stereocenters. The smallest absolute Gasteiger partial charge is 0.274 e. The minimum Gasteiger partial charge on any atom is -0.493 e. The molecule has 7 heteroatoms. The van der Waals surface area contributed by atoms with Crippen molar-refractivity contribution in [2.24, 2.45) is 0 Å². The number of carbonyl (C=O) groups is 1. The quantitative estimate of drug-likeness (QED) is 0.334. The van der Waals surface area contributed by atoms with E-state index in [2.05, 4.69) is 11.4 Å². The molecule has 0 radical (unpaired) electrons. The number of nitro groups is 1. The molecule has 0 aliphatic heterocycles. The molecule has 7 nitrogen and oxygen atoms in total. The average molecular weight is 449 g/mol. The minimum absolute atomic E-state index is 0.0441. The number of amides is 1. The Morgan fingerprint density at radius 3 is 2.42 bits per heavy atom. The summed E-state index contributed by atoms with van der Waals surface area (Å²) < 4.78 is 11.8. The Morgan fingerprint density at radius 1 is 0.970 bits per heavy atom. The summed E-state index contributed by atoms with van der Waals surface area (Å²) in [5.74, 6) is 1.06. The number of nitrogens with one attached hydrogen (secondary N) is 1. The molecule has 0 bridgehead atoms. The number of ether oxygens (including phenoxy) is 2. The van der Waals surface area contributed by atoms with Gasteiger partial charge in [-0.1, -0.05) is 12.1 Å². The molecule has 1 amide bonds. The van der Waals surface area contributed by atoms with Crippen molar-refractivity contribution in [1.29, 1.82) is 0 Å². The van der Waals surface area contributed by atoms with Crippen molar-refractivity contribution < 1.29 is 19.2 Å². The number of benzene rings is 3. The molecule has 0 aromatic heterocycles. The first-order valence-electron chi connectivity index (χ1n) is 10.7. The molecule has 0 unspecified atom stereocenters. The second-order valence-electron chi connectivity index (χ2n) is 7.91. The number of anilines is 1. The van der Waals surface area contributed by atoms with E-state index < -0.39 is 4.92 Å². The Balaban J connectivity index is 1.86. The molecule has 172 valence electrons. The number of rotatable bonds is 8. The molecule has 0 spiro atoms. The third-order valence-corrected chi connectivity index (χ3v) is 5.52. The first-order valence-corrected chi connectivity index (χ1v) is 10.7. The van der Waals surface area contributed by atoms with Crippen LogP contribution in [0, 0.1) is 37.8 Å². The Morgan fingerprint density at radius 2 is 1.73 bits per heavy atom. The minimum atomic E-state index is -0.466. The summed E-state index contributed by atoms with van der Waals surface area (Å²) in [6, 6.07) is 13.8. The average Bonchev–Trinajstić information content (AvgIpc) is 2.77. The van der Waals surface area contributed by atoms with Crippen LogP contribution in [-0.2, 0) is 6.61 Å². The molecule has 3 aromatic carbocycles. The number of hydrogen-bond donors (Lipinski definition) is 1. The topological polar surface area (TPSA) is 90.7 Å². The van der Waals surface area contributed by atoms with E-state index in [1.54, 1.807) is 37.3 Å². The zero-order valence-corrected chi connectivity index (χ0v) is 19.5. The maximum atomic E-state index is 12.9. The number of nitrogens with zero attached hydrogens (tertiary/aromatic N) is 1. The van der Waals surface area contributed by atoms with Crippen molar-refractivity contribution in [1.82, 2.24) is 0 Å². The molecule has 1 N–H and O–H groups in total. The van der Waals surface area contributed by atoms with Crippen molar-refractivity contribution in [3.05, 3.63) is 92.0 Å².